The van der Waals surface area contributed by atoms with Crippen molar-refractivity contribution in [2.75, 3.05) is 19.6 Å². The van der Waals surface area contributed by atoms with E-state index in [4.69, 9.17) is 0 Å². The van der Waals surface area contributed by atoms with Crippen molar-refractivity contribution in [3.63, 3.8) is 0 Å². The molecule has 2 rings (SSSR count). The summed E-state index contributed by atoms with van der Waals surface area (Å²) in [6.07, 6.45) is -1.23. The highest BCUT2D eigenvalue weighted by atomic mass is 19.1. The predicted molar refractivity (Wildman–Crippen MR) is 63.8 cm³/mol. The number of aliphatic hydroxyl groups excluding tert-OH is 2. The van der Waals surface area contributed by atoms with Crippen molar-refractivity contribution in [1.29, 1.82) is 0 Å². The van der Waals surface area contributed by atoms with E-state index in [1.54, 1.807) is 6.07 Å². The van der Waals surface area contributed by atoms with Crippen molar-refractivity contribution in [3.8, 4) is 0 Å². The average Bonchev–Trinajstić information content (AvgIpc) is 2.66. The van der Waals surface area contributed by atoms with E-state index in [-0.39, 0.29) is 12.2 Å². The zero-order valence-electron chi connectivity index (χ0n) is 9.92. The Hall–Kier alpha value is -1.30. The standard InChI is InChI=1S/C13H16FNO3/c14-10-3-1-2-9(6-10)11(16)4-5-15-7-12(17)13(18)8-15/h1-3,6,12-13,17-18H,4-5,7-8H2. The molecule has 0 aliphatic carbocycles. The summed E-state index contributed by atoms with van der Waals surface area (Å²) in [5, 5.41) is 18.7. The minimum absolute atomic E-state index is 0.134. The number of ketones is 1. The van der Waals surface area contributed by atoms with Gasteiger partial charge in [0.2, 0.25) is 0 Å². The van der Waals surface area contributed by atoms with Gasteiger partial charge in [-0.25, -0.2) is 4.39 Å². The topological polar surface area (TPSA) is 60.8 Å². The van der Waals surface area contributed by atoms with Gasteiger partial charge < -0.3 is 10.2 Å². The second kappa shape index (κ2) is 5.56. The lowest BCUT2D eigenvalue weighted by molar-refractivity contribution is 0.0572. The summed E-state index contributed by atoms with van der Waals surface area (Å²) in [6, 6.07) is 5.60. The molecular weight excluding hydrogens is 237 g/mol. The zero-order chi connectivity index (χ0) is 13.1. The number of hydrogen-bond acceptors (Lipinski definition) is 4. The number of nitrogens with zero attached hydrogens (tertiary/aromatic N) is 1. The van der Waals surface area contributed by atoms with Crippen molar-refractivity contribution in [2.45, 2.75) is 18.6 Å². The van der Waals surface area contributed by atoms with Gasteiger partial charge in [0, 0.05) is 31.6 Å². The van der Waals surface area contributed by atoms with Crippen LogP contribution in [0.3, 0.4) is 0 Å². The van der Waals surface area contributed by atoms with Crippen LogP contribution in [-0.2, 0) is 0 Å². The van der Waals surface area contributed by atoms with Gasteiger partial charge in [-0.05, 0) is 12.1 Å². The normalized spacial score (nSPS) is 24.4. The Morgan fingerprint density at radius 3 is 2.61 bits per heavy atom. The molecule has 1 aliphatic rings. The van der Waals surface area contributed by atoms with Gasteiger partial charge in [0.15, 0.2) is 5.78 Å². The summed E-state index contributed by atoms with van der Waals surface area (Å²) >= 11 is 0. The fourth-order valence-corrected chi connectivity index (χ4v) is 2.10. The number of benzene rings is 1. The van der Waals surface area contributed by atoms with E-state index in [9.17, 15) is 19.4 Å². The molecule has 18 heavy (non-hydrogen) atoms. The first-order valence-corrected chi connectivity index (χ1v) is 5.93. The second-order valence-corrected chi connectivity index (χ2v) is 4.58. The van der Waals surface area contributed by atoms with Crippen LogP contribution in [0.25, 0.3) is 0 Å². The van der Waals surface area contributed by atoms with Gasteiger partial charge in [-0.15, -0.1) is 0 Å². The van der Waals surface area contributed by atoms with Gasteiger partial charge >= 0.3 is 0 Å². The lowest BCUT2D eigenvalue weighted by atomic mass is 10.1. The summed E-state index contributed by atoms with van der Waals surface area (Å²) in [7, 11) is 0. The lowest BCUT2D eigenvalue weighted by Gasteiger charge is -2.13. The highest BCUT2D eigenvalue weighted by molar-refractivity contribution is 5.96. The number of hydrogen-bond donors (Lipinski definition) is 2. The summed E-state index contributed by atoms with van der Waals surface area (Å²) < 4.78 is 12.9. The molecule has 2 atom stereocenters. The number of halogens is 1. The zero-order valence-corrected chi connectivity index (χ0v) is 9.92. The van der Waals surface area contributed by atoms with Crippen LogP contribution < -0.4 is 0 Å². The molecule has 2 unspecified atom stereocenters. The van der Waals surface area contributed by atoms with Crippen LogP contribution >= 0.6 is 0 Å². The van der Waals surface area contributed by atoms with E-state index in [2.05, 4.69) is 0 Å². The molecule has 1 aromatic rings. The molecule has 0 radical (unpaired) electrons. The van der Waals surface area contributed by atoms with E-state index in [1.165, 1.54) is 18.2 Å². The fraction of sp³-hybridized carbons (Fsp3) is 0.462. The Labute approximate surface area is 105 Å². The van der Waals surface area contributed by atoms with Gasteiger partial charge in [-0.2, -0.15) is 0 Å². The molecule has 0 spiro atoms. The van der Waals surface area contributed by atoms with Gasteiger partial charge in [0.05, 0.1) is 12.2 Å². The van der Waals surface area contributed by atoms with E-state index < -0.39 is 18.0 Å². The van der Waals surface area contributed by atoms with E-state index in [0.717, 1.165) is 0 Å². The first kappa shape index (κ1) is 13.1. The van der Waals surface area contributed by atoms with Crippen molar-refractivity contribution < 1.29 is 19.4 Å². The van der Waals surface area contributed by atoms with E-state index >= 15 is 0 Å². The van der Waals surface area contributed by atoms with Crippen LogP contribution in [0.5, 0.6) is 0 Å². The van der Waals surface area contributed by atoms with Crippen molar-refractivity contribution >= 4 is 5.78 Å². The first-order valence-electron chi connectivity index (χ1n) is 5.93. The van der Waals surface area contributed by atoms with Crippen LogP contribution in [0.15, 0.2) is 24.3 Å². The highest BCUT2D eigenvalue weighted by Gasteiger charge is 2.29. The van der Waals surface area contributed by atoms with Gasteiger partial charge in [0.25, 0.3) is 0 Å². The largest absolute Gasteiger partial charge is 0.389 e. The SMILES string of the molecule is O=C(CCN1CC(O)C(O)C1)c1cccc(F)c1. The average molecular weight is 253 g/mol. The number of carbonyl (C=O) groups is 1. The van der Waals surface area contributed by atoms with E-state index in [1.807, 2.05) is 4.90 Å². The summed E-state index contributed by atoms with van der Waals surface area (Å²) in [5.41, 5.74) is 0.357. The van der Waals surface area contributed by atoms with Crippen molar-refractivity contribution in [2.24, 2.45) is 0 Å². The van der Waals surface area contributed by atoms with Crippen LogP contribution in [0.4, 0.5) is 4.39 Å². The first-order chi connectivity index (χ1) is 8.56. The monoisotopic (exact) mass is 253 g/mol. The van der Waals surface area contributed by atoms with E-state index in [0.29, 0.717) is 25.2 Å². The molecule has 0 bridgehead atoms. The van der Waals surface area contributed by atoms with Gasteiger partial charge in [0.1, 0.15) is 5.82 Å². The third kappa shape index (κ3) is 3.13. The molecule has 0 saturated carbocycles. The molecule has 1 heterocycles. The van der Waals surface area contributed by atoms with Gasteiger partial charge in [-0.1, -0.05) is 12.1 Å². The molecule has 1 aromatic carbocycles. The highest BCUT2D eigenvalue weighted by Crippen LogP contribution is 2.12. The molecule has 0 aromatic heterocycles. The quantitative estimate of drug-likeness (QED) is 0.764. The minimum atomic E-state index is -0.741. The molecular formula is C13H16FNO3. The predicted octanol–water partition coefficient (Wildman–Crippen LogP) is 0.436. The van der Waals surface area contributed by atoms with Crippen molar-refractivity contribution in [1.82, 2.24) is 4.90 Å². The number of aliphatic hydroxyl groups is 2. The molecule has 98 valence electrons. The Morgan fingerprint density at radius 2 is 2.00 bits per heavy atom. The molecule has 1 saturated heterocycles. The number of carbonyl (C=O) groups excluding carboxylic acids is 1. The fourth-order valence-electron chi connectivity index (χ4n) is 2.10. The molecule has 1 aliphatic heterocycles. The molecule has 0 amide bonds. The van der Waals surface area contributed by atoms with Crippen LogP contribution in [0.2, 0.25) is 0 Å². The third-order valence-corrected chi connectivity index (χ3v) is 3.14. The Kier molecular flexibility index (Phi) is 4.06. The Balaban J connectivity index is 1.86. The maximum atomic E-state index is 12.9. The summed E-state index contributed by atoms with van der Waals surface area (Å²) in [4.78, 5) is 13.6. The maximum absolute atomic E-state index is 12.9. The lowest BCUT2D eigenvalue weighted by Crippen LogP contribution is -2.25. The van der Waals surface area contributed by atoms with Crippen LogP contribution in [-0.4, -0.2) is 52.7 Å². The van der Waals surface area contributed by atoms with Crippen LogP contribution in [0, 0.1) is 5.82 Å². The smallest absolute Gasteiger partial charge is 0.164 e. The Bertz CT molecular complexity index is 428. The summed E-state index contributed by atoms with van der Waals surface area (Å²) in [6.45, 7) is 1.21. The molecule has 2 N–H and O–H groups in total. The Morgan fingerprint density at radius 1 is 1.33 bits per heavy atom. The van der Waals surface area contributed by atoms with Crippen molar-refractivity contribution in [3.05, 3.63) is 35.6 Å². The van der Waals surface area contributed by atoms with Gasteiger partial charge in [-0.3, -0.25) is 9.69 Å². The third-order valence-electron chi connectivity index (χ3n) is 3.14. The maximum Gasteiger partial charge on any atom is 0.164 e. The molecule has 4 nitrogen and oxygen atoms in total. The summed E-state index contributed by atoms with van der Waals surface area (Å²) in [5.74, 6) is -0.557. The number of rotatable bonds is 4. The molecule has 1 fully saturated rings. The number of β-amino-alcohol motifs (C(OH)–C–C–N with tert-alkyl or cyclic N) is 2. The minimum Gasteiger partial charge on any atom is -0.389 e. The van der Waals surface area contributed by atoms with Crippen LogP contribution in [0.1, 0.15) is 16.8 Å². The molecule has 5 heteroatoms. The number of Topliss-reactive ketones (excluding diaryl/α,β-unsaturated/α-hetero) is 1. The second-order valence-electron chi connectivity index (χ2n) is 4.58. The number of likely N-dealkylation sites (tertiary alicyclic amines) is 1.